The molecule has 5 aromatic rings. The van der Waals surface area contributed by atoms with Crippen molar-refractivity contribution in [2.24, 2.45) is 0 Å². The SMILES string of the molecule is O=c1ccc(CNc2nc(NCCc3c[nH]c4ccccc34)nc3nc[nH]c23)c[nH]1. The van der Waals surface area contributed by atoms with Crippen LogP contribution in [-0.2, 0) is 13.0 Å². The Kier molecular flexibility index (Phi) is 4.60. The third kappa shape index (κ3) is 3.60. The first-order chi connectivity index (χ1) is 14.8. The molecule has 0 radical (unpaired) electrons. The second-order valence-electron chi connectivity index (χ2n) is 6.95. The van der Waals surface area contributed by atoms with Crippen LogP contribution in [0.15, 0.2) is 59.9 Å². The van der Waals surface area contributed by atoms with E-state index in [-0.39, 0.29) is 5.56 Å². The second-order valence-corrected chi connectivity index (χ2v) is 6.95. The average Bonchev–Trinajstić information content (AvgIpc) is 3.40. The molecule has 0 aliphatic rings. The first kappa shape index (κ1) is 17.9. The molecule has 9 nitrogen and oxygen atoms in total. The molecular formula is C21H20N8O. The number of nitrogens with zero attached hydrogens (tertiary/aromatic N) is 3. The molecule has 4 heterocycles. The summed E-state index contributed by atoms with van der Waals surface area (Å²) < 4.78 is 0. The highest BCUT2D eigenvalue weighted by Gasteiger charge is 2.10. The normalized spacial score (nSPS) is 11.2. The van der Waals surface area contributed by atoms with E-state index in [1.54, 1.807) is 18.6 Å². The minimum atomic E-state index is -0.126. The van der Waals surface area contributed by atoms with Gasteiger partial charge < -0.3 is 25.6 Å². The van der Waals surface area contributed by atoms with Gasteiger partial charge in [-0.1, -0.05) is 24.3 Å². The Morgan fingerprint density at radius 1 is 0.933 bits per heavy atom. The zero-order chi connectivity index (χ0) is 20.3. The number of rotatable bonds is 7. The Balaban J connectivity index is 1.30. The maximum Gasteiger partial charge on any atom is 0.247 e. The standard InChI is InChI=1S/C21H20N8O/c30-17-6-5-13(9-24-17)10-25-19-18-20(27-12-26-18)29-21(28-19)22-8-7-14-11-23-16-4-2-1-3-15(14)16/h1-6,9,11-12,23H,7-8,10H2,(H,24,30)(H3,22,25,26,27,28,29). The number of H-pyrrole nitrogens is 3. The van der Waals surface area contributed by atoms with Crippen molar-refractivity contribution < 1.29 is 0 Å². The van der Waals surface area contributed by atoms with Crippen molar-refractivity contribution in [3.63, 3.8) is 0 Å². The molecule has 0 aliphatic carbocycles. The van der Waals surface area contributed by atoms with Gasteiger partial charge in [-0.2, -0.15) is 9.97 Å². The first-order valence-electron chi connectivity index (χ1n) is 9.68. The number of benzene rings is 1. The highest BCUT2D eigenvalue weighted by molar-refractivity contribution is 5.84. The summed E-state index contributed by atoms with van der Waals surface area (Å²) in [7, 11) is 0. The van der Waals surface area contributed by atoms with Crippen LogP contribution in [0.25, 0.3) is 22.1 Å². The van der Waals surface area contributed by atoms with Crippen LogP contribution in [0.3, 0.4) is 0 Å². The average molecular weight is 400 g/mol. The van der Waals surface area contributed by atoms with Crippen molar-refractivity contribution in [1.82, 2.24) is 29.9 Å². The van der Waals surface area contributed by atoms with Gasteiger partial charge in [0.2, 0.25) is 11.5 Å². The lowest BCUT2D eigenvalue weighted by Crippen LogP contribution is -2.11. The second kappa shape index (κ2) is 7.70. The largest absolute Gasteiger partial charge is 0.364 e. The lowest BCUT2D eigenvalue weighted by molar-refractivity contribution is 0.990. The van der Waals surface area contributed by atoms with Crippen LogP contribution >= 0.6 is 0 Å². The third-order valence-electron chi connectivity index (χ3n) is 4.95. The Bertz CT molecular complexity index is 1350. The predicted molar refractivity (Wildman–Crippen MR) is 117 cm³/mol. The van der Waals surface area contributed by atoms with E-state index in [2.05, 4.69) is 52.7 Å². The smallest absolute Gasteiger partial charge is 0.247 e. The number of anilines is 2. The van der Waals surface area contributed by atoms with Crippen LogP contribution in [0.2, 0.25) is 0 Å². The van der Waals surface area contributed by atoms with E-state index in [4.69, 9.17) is 0 Å². The van der Waals surface area contributed by atoms with E-state index in [0.717, 1.165) is 23.0 Å². The molecule has 9 heteroatoms. The summed E-state index contributed by atoms with van der Waals surface area (Å²) in [6, 6.07) is 11.5. The Hall–Kier alpha value is -4.14. The van der Waals surface area contributed by atoms with Gasteiger partial charge in [0.05, 0.1) is 6.33 Å². The van der Waals surface area contributed by atoms with Crippen LogP contribution in [0, 0.1) is 0 Å². The number of fused-ring (bicyclic) bond motifs is 2. The fourth-order valence-corrected chi connectivity index (χ4v) is 3.43. The summed E-state index contributed by atoms with van der Waals surface area (Å²) in [6.45, 7) is 1.20. The quantitative estimate of drug-likeness (QED) is 0.286. The lowest BCUT2D eigenvalue weighted by atomic mass is 10.1. The lowest BCUT2D eigenvalue weighted by Gasteiger charge is -2.09. The van der Waals surface area contributed by atoms with E-state index in [1.807, 2.05) is 18.3 Å². The van der Waals surface area contributed by atoms with Crippen molar-refractivity contribution >= 4 is 33.8 Å². The topological polar surface area (TPSA) is 127 Å². The maximum atomic E-state index is 11.2. The molecule has 0 saturated heterocycles. The van der Waals surface area contributed by atoms with Gasteiger partial charge in [-0.05, 0) is 23.6 Å². The van der Waals surface area contributed by atoms with Gasteiger partial charge in [0, 0.05) is 42.5 Å². The van der Waals surface area contributed by atoms with Gasteiger partial charge in [0.25, 0.3) is 0 Å². The van der Waals surface area contributed by atoms with Gasteiger partial charge in [0.15, 0.2) is 11.5 Å². The zero-order valence-electron chi connectivity index (χ0n) is 16.1. The molecule has 5 rings (SSSR count). The molecule has 0 aliphatic heterocycles. The number of para-hydroxylation sites is 1. The van der Waals surface area contributed by atoms with Crippen LogP contribution in [0.1, 0.15) is 11.1 Å². The molecule has 0 bridgehead atoms. The van der Waals surface area contributed by atoms with E-state index in [1.165, 1.54) is 17.0 Å². The van der Waals surface area contributed by atoms with Gasteiger partial charge in [0.1, 0.15) is 5.52 Å². The summed E-state index contributed by atoms with van der Waals surface area (Å²) in [6.07, 6.45) is 6.16. The summed E-state index contributed by atoms with van der Waals surface area (Å²) in [4.78, 5) is 33.6. The third-order valence-corrected chi connectivity index (χ3v) is 4.95. The van der Waals surface area contributed by atoms with Gasteiger partial charge in [-0.25, -0.2) is 4.98 Å². The van der Waals surface area contributed by atoms with Crippen molar-refractivity contribution in [3.8, 4) is 0 Å². The van der Waals surface area contributed by atoms with E-state index in [0.29, 0.717) is 30.5 Å². The summed E-state index contributed by atoms with van der Waals surface area (Å²) in [5.41, 5.74) is 4.52. The van der Waals surface area contributed by atoms with Crippen molar-refractivity contribution in [1.29, 1.82) is 0 Å². The minimum Gasteiger partial charge on any atom is -0.364 e. The molecule has 0 unspecified atom stereocenters. The van der Waals surface area contributed by atoms with E-state index < -0.39 is 0 Å². The first-order valence-corrected chi connectivity index (χ1v) is 9.68. The summed E-state index contributed by atoms with van der Waals surface area (Å²) in [5, 5.41) is 7.81. The van der Waals surface area contributed by atoms with Crippen molar-refractivity contribution in [2.45, 2.75) is 13.0 Å². The number of pyridine rings is 1. The molecule has 0 amide bonds. The fraction of sp³-hybridized carbons (Fsp3) is 0.143. The number of imidazole rings is 1. The van der Waals surface area contributed by atoms with Crippen molar-refractivity contribution in [3.05, 3.63) is 76.6 Å². The highest BCUT2D eigenvalue weighted by atomic mass is 16.1. The van der Waals surface area contributed by atoms with Crippen molar-refractivity contribution in [2.75, 3.05) is 17.2 Å². The molecule has 1 aromatic carbocycles. The van der Waals surface area contributed by atoms with Crippen LogP contribution in [0.5, 0.6) is 0 Å². The predicted octanol–water partition coefficient (Wildman–Crippen LogP) is 2.79. The molecule has 150 valence electrons. The van der Waals surface area contributed by atoms with Crippen LogP contribution < -0.4 is 16.2 Å². The van der Waals surface area contributed by atoms with Gasteiger partial charge in [-0.3, -0.25) is 4.79 Å². The highest BCUT2D eigenvalue weighted by Crippen LogP contribution is 2.20. The number of nitrogens with one attached hydrogen (secondary N) is 5. The molecule has 30 heavy (non-hydrogen) atoms. The molecular weight excluding hydrogens is 380 g/mol. The summed E-state index contributed by atoms with van der Waals surface area (Å²) in [5.74, 6) is 1.16. The summed E-state index contributed by atoms with van der Waals surface area (Å²) >= 11 is 0. The zero-order valence-corrected chi connectivity index (χ0v) is 16.1. The number of aromatic amines is 3. The minimum absolute atomic E-state index is 0.126. The molecule has 0 saturated carbocycles. The molecule has 5 N–H and O–H groups in total. The molecule has 4 aromatic heterocycles. The molecule has 0 spiro atoms. The Labute approximate surface area is 171 Å². The molecule has 0 fully saturated rings. The van der Waals surface area contributed by atoms with Crippen LogP contribution in [0.4, 0.5) is 11.8 Å². The number of aromatic nitrogens is 6. The fourth-order valence-electron chi connectivity index (χ4n) is 3.43. The Morgan fingerprint density at radius 2 is 1.87 bits per heavy atom. The Morgan fingerprint density at radius 3 is 2.77 bits per heavy atom. The van der Waals surface area contributed by atoms with E-state index >= 15 is 0 Å². The van der Waals surface area contributed by atoms with E-state index in [9.17, 15) is 4.79 Å². The van der Waals surface area contributed by atoms with Crippen LogP contribution in [-0.4, -0.2) is 36.4 Å². The monoisotopic (exact) mass is 400 g/mol. The van der Waals surface area contributed by atoms with Gasteiger partial charge >= 0.3 is 0 Å². The number of hydrogen-bond acceptors (Lipinski definition) is 6. The van der Waals surface area contributed by atoms with Gasteiger partial charge in [-0.15, -0.1) is 0 Å². The molecule has 0 atom stereocenters. The number of hydrogen-bond donors (Lipinski definition) is 5. The maximum absolute atomic E-state index is 11.2.